The first kappa shape index (κ1) is 13.6. The minimum atomic E-state index is -1.07. The Labute approximate surface area is 113 Å². The molecule has 0 unspecified atom stereocenters. The molecule has 2 aromatic rings. The zero-order valence-electron chi connectivity index (χ0n) is 10.4. The average Bonchev–Trinajstić information content (AvgIpc) is 2.67. The number of aryl methyl sites for hydroxylation is 2. The normalized spacial score (nSPS) is 10.7. The Morgan fingerprint density at radius 1 is 1.47 bits per heavy atom. The molecule has 0 saturated heterocycles. The number of hydrogen-bond acceptors (Lipinski definition) is 4. The maximum atomic E-state index is 13.6. The van der Waals surface area contributed by atoms with Crippen molar-refractivity contribution < 1.29 is 18.7 Å². The lowest BCUT2D eigenvalue weighted by Gasteiger charge is -2.02. The van der Waals surface area contributed by atoms with Gasteiger partial charge in [-0.3, -0.25) is 0 Å². The van der Waals surface area contributed by atoms with Crippen LogP contribution in [0, 0.1) is 19.7 Å². The van der Waals surface area contributed by atoms with E-state index in [1.807, 2.05) is 6.92 Å². The topological polar surface area (TPSA) is 63.3 Å². The van der Waals surface area contributed by atoms with Gasteiger partial charge in [0.25, 0.3) is 5.22 Å². The van der Waals surface area contributed by atoms with Gasteiger partial charge in [-0.2, -0.15) is 0 Å². The fourth-order valence-corrected chi connectivity index (χ4v) is 2.35. The standard InChI is InChI=1S/C13H12FNO3S/c1-7-8(2)18-13(15-7)19-6-10-5-9(12(16)17)3-4-11(10)14/h3-5H,6H2,1-2H3,(H,16,17). The summed E-state index contributed by atoms with van der Waals surface area (Å²) in [4.78, 5) is 15.0. The van der Waals surface area contributed by atoms with Crippen molar-refractivity contribution in [3.63, 3.8) is 0 Å². The first-order valence-electron chi connectivity index (χ1n) is 5.56. The molecular formula is C13H12FNO3S. The molecule has 2 rings (SSSR count). The second-order valence-corrected chi connectivity index (χ2v) is 4.95. The molecule has 0 atom stereocenters. The predicted molar refractivity (Wildman–Crippen MR) is 68.9 cm³/mol. The smallest absolute Gasteiger partial charge is 0.335 e. The number of benzene rings is 1. The minimum Gasteiger partial charge on any atom is -0.478 e. The molecule has 1 aromatic carbocycles. The fraction of sp³-hybridized carbons (Fsp3) is 0.231. The number of hydrogen-bond donors (Lipinski definition) is 1. The van der Waals surface area contributed by atoms with Crippen LogP contribution in [0.4, 0.5) is 4.39 Å². The van der Waals surface area contributed by atoms with E-state index in [-0.39, 0.29) is 11.3 Å². The van der Waals surface area contributed by atoms with E-state index < -0.39 is 11.8 Å². The number of aromatic nitrogens is 1. The van der Waals surface area contributed by atoms with Gasteiger partial charge in [-0.05, 0) is 37.6 Å². The zero-order chi connectivity index (χ0) is 14.0. The summed E-state index contributed by atoms with van der Waals surface area (Å²) in [5.74, 6) is -0.513. The van der Waals surface area contributed by atoms with Gasteiger partial charge >= 0.3 is 5.97 Å². The average molecular weight is 281 g/mol. The molecule has 1 aromatic heterocycles. The molecule has 1 N–H and O–H groups in total. The molecule has 0 spiro atoms. The number of carboxylic acids is 1. The lowest BCUT2D eigenvalue weighted by atomic mass is 10.1. The third-order valence-electron chi connectivity index (χ3n) is 2.65. The lowest BCUT2D eigenvalue weighted by molar-refractivity contribution is 0.0696. The van der Waals surface area contributed by atoms with Crippen molar-refractivity contribution in [1.82, 2.24) is 4.98 Å². The van der Waals surface area contributed by atoms with E-state index in [0.29, 0.717) is 10.8 Å². The van der Waals surface area contributed by atoms with Crippen LogP contribution in [0.5, 0.6) is 0 Å². The van der Waals surface area contributed by atoms with Gasteiger partial charge < -0.3 is 9.52 Å². The van der Waals surface area contributed by atoms with Crippen LogP contribution in [-0.4, -0.2) is 16.1 Å². The van der Waals surface area contributed by atoms with Gasteiger partial charge in [-0.15, -0.1) is 0 Å². The second-order valence-electron chi connectivity index (χ2n) is 4.02. The summed E-state index contributed by atoms with van der Waals surface area (Å²) in [6.07, 6.45) is 0. The third kappa shape index (κ3) is 3.14. The number of aromatic carboxylic acids is 1. The number of carboxylic acid groups (broad SMARTS) is 1. The van der Waals surface area contributed by atoms with Crippen molar-refractivity contribution in [2.45, 2.75) is 24.8 Å². The maximum Gasteiger partial charge on any atom is 0.335 e. The van der Waals surface area contributed by atoms with Crippen molar-refractivity contribution in [1.29, 1.82) is 0 Å². The van der Waals surface area contributed by atoms with E-state index in [4.69, 9.17) is 9.52 Å². The highest BCUT2D eigenvalue weighted by molar-refractivity contribution is 7.98. The highest BCUT2D eigenvalue weighted by Gasteiger charge is 2.11. The molecule has 0 aliphatic rings. The molecule has 4 nitrogen and oxygen atoms in total. The molecule has 0 aliphatic carbocycles. The Kier molecular flexibility index (Phi) is 3.90. The zero-order valence-corrected chi connectivity index (χ0v) is 11.3. The van der Waals surface area contributed by atoms with Crippen LogP contribution in [-0.2, 0) is 5.75 Å². The van der Waals surface area contributed by atoms with Gasteiger partial charge in [0.05, 0.1) is 11.3 Å². The van der Waals surface area contributed by atoms with Gasteiger partial charge in [0, 0.05) is 5.75 Å². The number of oxazole rings is 1. The monoisotopic (exact) mass is 281 g/mol. The molecule has 0 aliphatic heterocycles. The Hall–Kier alpha value is -1.82. The molecule has 0 radical (unpaired) electrons. The summed E-state index contributed by atoms with van der Waals surface area (Å²) in [5.41, 5.74) is 1.18. The van der Waals surface area contributed by atoms with Crippen molar-refractivity contribution in [2.24, 2.45) is 0 Å². The van der Waals surface area contributed by atoms with Crippen LogP contribution in [0.3, 0.4) is 0 Å². The molecule has 0 fully saturated rings. The summed E-state index contributed by atoms with van der Waals surface area (Å²) in [6, 6.07) is 3.73. The van der Waals surface area contributed by atoms with E-state index in [9.17, 15) is 9.18 Å². The minimum absolute atomic E-state index is 0.0664. The number of thioether (sulfide) groups is 1. The van der Waals surface area contributed by atoms with Crippen LogP contribution in [0.25, 0.3) is 0 Å². The van der Waals surface area contributed by atoms with E-state index in [2.05, 4.69) is 4.98 Å². The Balaban J connectivity index is 2.14. The molecule has 100 valence electrons. The summed E-state index contributed by atoms with van der Waals surface area (Å²) >= 11 is 1.23. The Morgan fingerprint density at radius 3 is 2.79 bits per heavy atom. The fourth-order valence-electron chi connectivity index (χ4n) is 1.46. The molecule has 19 heavy (non-hydrogen) atoms. The summed E-state index contributed by atoms with van der Waals surface area (Å²) < 4.78 is 18.9. The van der Waals surface area contributed by atoms with Gasteiger partial charge in [-0.25, -0.2) is 14.2 Å². The molecule has 6 heteroatoms. The maximum absolute atomic E-state index is 13.6. The summed E-state index contributed by atoms with van der Waals surface area (Å²) in [5, 5.41) is 9.32. The van der Waals surface area contributed by atoms with Crippen LogP contribution in [0.1, 0.15) is 27.4 Å². The van der Waals surface area contributed by atoms with E-state index in [1.54, 1.807) is 6.92 Å². The van der Waals surface area contributed by atoms with Gasteiger partial charge in [0.15, 0.2) is 0 Å². The number of carbonyl (C=O) groups is 1. The van der Waals surface area contributed by atoms with Crippen molar-refractivity contribution in [3.05, 3.63) is 46.6 Å². The highest BCUT2D eigenvalue weighted by atomic mass is 32.2. The molecule has 1 heterocycles. The van der Waals surface area contributed by atoms with Gasteiger partial charge in [-0.1, -0.05) is 11.8 Å². The van der Waals surface area contributed by atoms with Crippen LogP contribution in [0.2, 0.25) is 0 Å². The first-order valence-corrected chi connectivity index (χ1v) is 6.54. The molecule has 0 saturated carbocycles. The number of halogens is 1. The van der Waals surface area contributed by atoms with Crippen molar-refractivity contribution in [2.75, 3.05) is 0 Å². The second kappa shape index (κ2) is 5.44. The highest BCUT2D eigenvalue weighted by Crippen LogP contribution is 2.25. The number of rotatable bonds is 4. The third-order valence-corrected chi connectivity index (χ3v) is 3.53. The predicted octanol–water partition coefficient (Wildman–Crippen LogP) is 3.42. The Morgan fingerprint density at radius 2 is 2.21 bits per heavy atom. The quantitative estimate of drug-likeness (QED) is 0.870. The van der Waals surface area contributed by atoms with Crippen molar-refractivity contribution in [3.8, 4) is 0 Å². The SMILES string of the molecule is Cc1nc(SCc2cc(C(=O)O)ccc2F)oc1C. The molecule has 0 bridgehead atoms. The largest absolute Gasteiger partial charge is 0.478 e. The van der Waals surface area contributed by atoms with Crippen LogP contribution >= 0.6 is 11.8 Å². The van der Waals surface area contributed by atoms with Crippen LogP contribution in [0.15, 0.2) is 27.8 Å². The van der Waals surface area contributed by atoms with Gasteiger partial charge in [0.2, 0.25) is 0 Å². The molecule has 0 amide bonds. The van der Waals surface area contributed by atoms with E-state index in [0.717, 1.165) is 17.5 Å². The van der Waals surface area contributed by atoms with E-state index >= 15 is 0 Å². The summed E-state index contributed by atoms with van der Waals surface area (Å²) in [7, 11) is 0. The first-order chi connectivity index (χ1) is 8.97. The van der Waals surface area contributed by atoms with Crippen LogP contribution < -0.4 is 0 Å². The lowest BCUT2D eigenvalue weighted by Crippen LogP contribution is -1.99. The van der Waals surface area contributed by atoms with E-state index in [1.165, 1.54) is 23.9 Å². The molecular weight excluding hydrogens is 269 g/mol. The van der Waals surface area contributed by atoms with Crippen molar-refractivity contribution >= 4 is 17.7 Å². The number of nitrogens with zero attached hydrogens (tertiary/aromatic N) is 1. The summed E-state index contributed by atoms with van der Waals surface area (Å²) in [6.45, 7) is 3.63. The Bertz CT molecular complexity index is 605. The van der Waals surface area contributed by atoms with Gasteiger partial charge in [0.1, 0.15) is 11.6 Å².